The summed E-state index contributed by atoms with van der Waals surface area (Å²) in [5, 5.41) is 3.17. The summed E-state index contributed by atoms with van der Waals surface area (Å²) in [7, 11) is 0. The second-order valence-electron chi connectivity index (χ2n) is 5.05. The summed E-state index contributed by atoms with van der Waals surface area (Å²) in [4.78, 5) is 14.2. The summed E-state index contributed by atoms with van der Waals surface area (Å²) >= 11 is 0. The van der Waals surface area contributed by atoms with E-state index in [1.807, 2.05) is 41.3 Å². The molecule has 0 aliphatic carbocycles. The molecule has 3 rings (SSSR count). The Balaban J connectivity index is 1.59. The Bertz CT molecular complexity index is 595. The van der Waals surface area contributed by atoms with Crippen molar-refractivity contribution in [2.45, 2.75) is 13.0 Å². The zero-order chi connectivity index (χ0) is 13.8. The lowest BCUT2D eigenvalue weighted by molar-refractivity contribution is -0.130. The van der Waals surface area contributed by atoms with Gasteiger partial charge < -0.3 is 10.2 Å². The van der Waals surface area contributed by atoms with Crippen LogP contribution in [0.15, 0.2) is 54.6 Å². The first-order chi connectivity index (χ1) is 9.83. The van der Waals surface area contributed by atoms with Crippen molar-refractivity contribution in [1.29, 1.82) is 0 Å². The average molecular weight is 266 g/mol. The van der Waals surface area contributed by atoms with Crippen LogP contribution in [0.2, 0.25) is 0 Å². The molecule has 1 N–H and O–H groups in total. The van der Waals surface area contributed by atoms with Gasteiger partial charge in [-0.3, -0.25) is 4.79 Å². The molecule has 1 aliphatic heterocycles. The van der Waals surface area contributed by atoms with Crippen molar-refractivity contribution < 1.29 is 4.79 Å². The minimum Gasteiger partial charge on any atom is -0.376 e. The van der Waals surface area contributed by atoms with Gasteiger partial charge in [0.05, 0.1) is 6.54 Å². The molecule has 102 valence electrons. The number of anilines is 1. The van der Waals surface area contributed by atoms with E-state index >= 15 is 0 Å². The number of para-hydroxylation sites is 1. The van der Waals surface area contributed by atoms with E-state index in [9.17, 15) is 4.79 Å². The van der Waals surface area contributed by atoms with E-state index < -0.39 is 0 Å². The molecule has 0 atom stereocenters. The van der Waals surface area contributed by atoms with Crippen LogP contribution >= 0.6 is 0 Å². The second-order valence-corrected chi connectivity index (χ2v) is 5.05. The number of benzene rings is 2. The number of carbonyl (C=O) groups excluding carboxylic acids is 1. The van der Waals surface area contributed by atoms with Gasteiger partial charge in [0, 0.05) is 18.8 Å². The summed E-state index contributed by atoms with van der Waals surface area (Å²) in [6.07, 6.45) is 0.952. The Morgan fingerprint density at radius 2 is 1.70 bits per heavy atom. The van der Waals surface area contributed by atoms with E-state index in [1.165, 1.54) is 11.1 Å². The van der Waals surface area contributed by atoms with Crippen molar-refractivity contribution >= 4 is 11.6 Å². The highest BCUT2D eigenvalue weighted by molar-refractivity contribution is 5.81. The van der Waals surface area contributed by atoms with Gasteiger partial charge in [0.25, 0.3) is 0 Å². The first kappa shape index (κ1) is 12.7. The summed E-state index contributed by atoms with van der Waals surface area (Å²) in [5.74, 6) is 0.156. The standard InChI is InChI=1S/C17H18N2O/c20-17(12-18-16-8-2-1-3-9-16)19-11-10-14-6-4-5-7-15(14)13-19/h1-9,18H,10-13H2. The first-order valence-corrected chi connectivity index (χ1v) is 6.96. The van der Waals surface area contributed by atoms with Crippen LogP contribution in [-0.4, -0.2) is 23.9 Å². The number of hydrogen-bond donors (Lipinski definition) is 1. The van der Waals surface area contributed by atoms with E-state index in [0.717, 1.165) is 25.2 Å². The first-order valence-electron chi connectivity index (χ1n) is 6.96. The molecular formula is C17H18N2O. The zero-order valence-electron chi connectivity index (χ0n) is 11.4. The molecule has 0 radical (unpaired) electrons. The molecule has 1 aliphatic rings. The maximum absolute atomic E-state index is 12.2. The summed E-state index contributed by atoms with van der Waals surface area (Å²) in [6.45, 7) is 1.89. The van der Waals surface area contributed by atoms with Gasteiger partial charge in [0.2, 0.25) is 5.91 Å². The topological polar surface area (TPSA) is 32.3 Å². The van der Waals surface area contributed by atoms with Gasteiger partial charge in [-0.15, -0.1) is 0 Å². The molecule has 3 heteroatoms. The van der Waals surface area contributed by atoms with Gasteiger partial charge >= 0.3 is 0 Å². The summed E-state index contributed by atoms with van der Waals surface area (Å²) in [6, 6.07) is 18.2. The molecule has 2 aromatic carbocycles. The highest BCUT2D eigenvalue weighted by Gasteiger charge is 2.19. The third-order valence-electron chi connectivity index (χ3n) is 3.70. The molecule has 0 saturated carbocycles. The van der Waals surface area contributed by atoms with Crippen LogP contribution < -0.4 is 5.32 Å². The number of amides is 1. The van der Waals surface area contributed by atoms with E-state index in [-0.39, 0.29) is 5.91 Å². The number of hydrogen-bond acceptors (Lipinski definition) is 2. The Morgan fingerprint density at radius 1 is 1.00 bits per heavy atom. The molecule has 0 saturated heterocycles. The predicted molar refractivity (Wildman–Crippen MR) is 80.5 cm³/mol. The molecule has 0 unspecified atom stereocenters. The third-order valence-corrected chi connectivity index (χ3v) is 3.70. The highest BCUT2D eigenvalue weighted by Crippen LogP contribution is 2.18. The molecular weight excluding hydrogens is 248 g/mol. The largest absolute Gasteiger partial charge is 0.376 e. The average Bonchev–Trinajstić information content (AvgIpc) is 2.53. The van der Waals surface area contributed by atoms with Crippen LogP contribution in [0.1, 0.15) is 11.1 Å². The van der Waals surface area contributed by atoms with Crippen LogP contribution in [0.25, 0.3) is 0 Å². The fourth-order valence-corrected chi connectivity index (χ4v) is 2.55. The number of nitrogens with one attached hydrogen (secondary N) is 1. The Labute approximate surface area is 119 Å². The summed E-state index contributed by atoms with van der Waals surface area (Å²) < 4.78 is 0. The maximum Gasteiger partial charge on any atom is 0.242 e. The molecule has 0 bridgehead atoms. The lowest BCUT2D eigenvalue weighted by Crippen LogP contribution is -2.39. The number of fused-ring (bicyclic) bond motifs is 1. The predicted octanol–water partition coefficient (Wildman–Crippen LogP) is 2.68. The lowest BCUT2D eigenvalue weighted by Gasteiger charge is -2.29. The van der Waals surface area contributed by atoms with Crippen molar-refractivity contribution in [1.82, 2.24) is 4.90 Å². The van der Waals surface area contributed by atoms with E-state index in [2.05, 4.69) is 23.5 Å². The molecule has 1 heterocycles. The van der Waals surface area contributed by atoms with Crippen molar-refractivity contribution in [2.24, 2.45) is 0 Å². The van der Waals surface area contributed by atoms with E-state index in [4.69, 9.17) is 0 Å². The van der Waals surface area contributed by atoms with Gasteiger partial charge in [0.15, 0.2) is 0 Å². The fourth-order valence-electron chi connectivity index (χ4n) is 2.55. The van der Waals surface area contributed by atoms with Crippen molar-refractivity contribution in [2.75, 3.05) is 18.4 Å². The minimum atomic E-state index is 0.156. The number of nitrogens with zero attached hydrogens (tertiary/aromatic N) is 1. The van der Waals surface area contributed by atoms with Crippen LogP contribution in [0.4, 0.5) is 5.69 Å². The Kier molecular flexibility index (Phi) is 3.68. The molecule has 0 aromatic heterocycles. The lowest BCUT2D eigenvalue weighted by atomic mass is 10.00. The van der Waals surface area contributed by atoms with Crippen LogP contribution in [0, 0.1) is 0 Å². The molecule has 0 fully saturated rings. The second kappa shape index (κ2) is 5.78. The normalized spacial score (nSPS) is 13.7. The molecule has 3 nitrogen and oxygen atoms in total. The summed E-state index contributed by atoms with van der Waals surface area (Å²) in [5.41, 5.74) is 3.62. The fraction of sp³-hybridized carbons (Fsp3) is 0.235. The van der Waals surface area contributed by atoms with Gasteiger partial charge in [0.1, 0.15) is 0 Å². The van der Waals surface area contributed by atoms with Gasteiger partial charge in [-0.2, -0.15) is 0 Å². The van der Waals surface area contributed by atoms with Crippen molar-refractivity contribution in [3.05, 3.63) is 65.7 Å². The zero-order valence-corrected chi connectivity index (χ0v) is 11.4. The molecule has 0 spiro atoms. The van der Waals surface area contributed by atoms with Crippen molar-refractivity contribution in [3.8, 4) is 0 Å². The SMILES string of the molecule is O=C(CNc1ccccc1)N1CCc2ccccc2C1. The van der Waals surface area contributed by atoms with Crippen LogP contribution in [-0.2, 0) is 17.8 Å². The van der Waals surface area contributed by atoms with E-state index in [0.29, 0.717) is 6.54 Å². The smallest absolute Gasteiger partial charge is 0.242 e. The highest BCUT2D eigenvalue weighted by atomic mass is 16.2. The minimum absolute atomic E-state index is 0.156. The monoisotopic (exact) mass is 266 g/mol. The third kappa shape index (κ3) is 2.82. The van der Waals surface area contributed by atoms with Crippen LogP contribution in [0.3, 0.4) is 0 Å². The van der Waals surface area contributed by atoms with Crippen molar-refractivity contribution in [3.63, 3.8) is 0 Å². The van der Waals surface area contributed by atoms with E-state index in [1.54, 1.807) is 0 Å². The Morgan fingerprint density at radius 3 is 2.50 bits per heavy atom. The van der Waals surface area contributed by atoms with Gasteiger partial charge in [-0.1, -0.05) is 42.5 Å². The maximum atomic E-state index is 12.2. The Hall–Kier alpha value is -2.29. The quantitative estimate of drug-likeness (QED) is 0.926. The molecule has 20 heavy (non-hydrogen) atoms. The molecule has 2 aromatic rings. The van der Waals surface area contributed by atoms with Gasteiger partial charge in [-0.05, 0) is 29.7 Å². The number of carbonyl (C=O) groups is 1. The van der Waals surface area contributed by atoms with Crippen LogP contribution in [0.5, 0.6) is 0 Å². The number of rotatable bonds is 3. The van der Waals surface area contributed by atoms with Gasteiger partial charge in [-0.25, -0.2) is 0 Å². The molecule has 1 amide bonds.